The van der Waals surface area contributed by atoms with E-state index in [-0.39, 0.29) is 11.5 Å². The number of carbonyl (C=O) groups is 1. The molecule has 31 heavy (non-hydrogen) atoms. The van der Waals surface area contributed by atoms with Crippen LogP contribution < -0.4 is 16.2 Å². The Hall–Kier alpha value is -1.10. The first-order valence-corrected chi connectivity index (χ1v) is 22.8. The van der Waals surface area contributed by atoms with E-state index < -0.39 is 39.8 Å². The molecule has 3 N–H and O–H groups in total. The van der Waals surface area contributed by atoms with Crippen LogP contribution in [0.3, 0.4) is 0 Å². The molecule has 0 aliphatic heterocycles. The maximum Gasteiger partial charge on any atom is 0.321 e. The number of urea groups is 1. The Morgan fingerprint density at radius 1 is 1.00 bits per heavy atom. The van der Waals surface area contributed by atoms with Crippen LogP contribution in [-0.2, 0) is 12.3 Å². The summed E-state index contributed by atoms with van der Waals surface area (Å²) < 4.78 is 19.6. The van der Waals surface area contributed by atoms with Crippen molar-refractivity contribution < 1.29 is 17.1 Å². The number of anilines is 1. The molecule has 0 fully saturated rings. The van der Waals surface area contributed by atoms with Crippen molar-refractivity contribution in [1.82, 2.24) is 15.3 Å². The van der Waals surface area contributed by atoms with E-state index in [0.29, 0.717) is 12.2 Å². The maximum absolute atomic E-state index is 12.1. The third-order valence-corrected chi connectivity index (χ3v) is 17.3. The van der Waals surface area contributed by atoms with Gasteiger partial charge in [-0.15, -0.1) is 0 Å². The maximum atomic E-state index is 12.1. The summed E-state index contributed by atoms with van der Waals surface area (Å²) in [5.41, 5.74) is 0.228. The topological polar surface area (TPSA) is 115 Å². The van der Waals surface area contributed by atoms with E-state index in [9.17, 15) is 9.59 Å². The number of aromatic nitrogens is 2. The monoisotopic (exact) mass is 504 g/mol. The molecule has 0 saturated heterocycles. The number of carbonyl (C=O) groups excluding carboxylic acids is 1. The SMILES string of the molecule is Cc1cc(=O)[nH]c(NC(=O)NCCC[Si](C)(O[Si](C)(C)C)O[Si](C)(C)O[Si](C)(C)C)n1. The Bertz CT molecular complexity index is 807. The highest BCUT2D eigenvalue weighted by Gasteiger charge is 2.44. The van der Waals surface area contributed by atoms with E-state index in [1.165, 1.54) is 6.07 Å². The lowest BCUT2D eigenvalue weighted by Gasteiger charge is -2.41. The molecular formula is C18H40N4O5Si4. The molecule has 1 unspecified atom stereocenters. The van der Waals surface area contributed by atoms with Crippen molar-refractivity contribution in [2.75, 3.05) is 11.9 Å². The van der Waals surface area contributed by atoms with Crippen molar-refractivity contribution in [3.05, 3.63) is 22.1 Å². The van der Waals surface area contributed by atoms with Crippen LogP contribution in [0.5, 0.6) is 0 Å². The quantitative estimate of drug-likeness (QED) is 0.309. The lowest BCUT2D eigenvalue weighted by molar-refractivity contribution is 0.251. The first-order valence-electron chi connectivity index (χ1n) is 10.6. The highest BCUT2D eigenvalue weighted by Crippen LogP contribution is 2.27. The number of hydrogen-bond donors (Lipinski definition) is 3. The number of hydrogen-bond acceptors (Lipinski definition) is 6. The molecule has 0 aliphatic rings. The second-order valence-corrected chi connectivity index (χ2v) is 26.8. The van der Waals surface area contributed by atoms with Crippen LogP contribution in [0.1, 0.15) is 12.1 Å². The molecule has 0 aliphatic carbocycles. The van der Waals surface area contributed by atoms with Gasteiger partial charge >= 0.3 is 23.2 Å². The Labute approximate surface area is 190 Å². The molecule has 1 aromatic rings. The first-order chi connectivity index (χ1) is 13.9. The smallest absolute Gasteiger partial charge is 0.321 e. The Morgan fingerprint density at radius 3 is 2.10 bits per heavy atom. The van der Waals surface area contributed by atoms with Gasteiger partial charge in [-0.25, -0.2) is 9.78 Å². The molecule has 9 nitrogen and oxygen atoms in total. The van der Waals surface area contributed by atoms with Gasteiger partial charge in [-0.1, -0.05) is 0 Å². The molecule has 13 heteroatoms. The third-order valence-electron chi connectivity index (χ3n) is 3.73. The van der Waals surface area contributed by atoms with Gasteiger partial charge in [0.2, 0.25) is 5.95 Å². The third kappa shape index (κ3) is 12.5. The van der Waals surface area contributed by atoms with Crippen LogP contribution in [0.15, 0.2) is 10.9 Å². The summed E-state index contributed by atoms with van der Waals surface area (Å²) in [5.74, 6) is 0.128. The second kappa shape index (κ2) is 10.7. The van der Waals surface area contributed by atoms with Crippen molar-refractivity contribution in [3.63, 3.8) is 0 Å². The summed E-state index contributed by atoms with van der Waals surface area (Å²) in [5, 5.41) is 5.36. The Morgan fingerprint density at radius 2 is 1.58 bits per heavy atom. The van der Waals surface area contributed by atoms with Gasteiger partial charge in [0, 0.05) is 18.3 Å². The van der Waals surface area contributed by atoms with Gasteiger partial charge in [-0.2, -0.15) is 0 Å². The average Bonchev–Trinajstić information content (AvgIpc) is 2.45. The van der Waals surface area contributed by atoms with Crippen molar-refractivity contribution >= 4 is 45.7 Å². The van der Waals surface area contributed by atoms with Crippen LogP contribution in [0.25, 0.3) is 0 Å². The normalized spacial score (nSPS) is 14.8. The van der Waals surface area contributed by atoms with Gasteiger partial charge in [-0.05, 0) is 78.3 Å². The van der Waals surface area contributed by atoms with Crippen LogP contribution in [-0.4, -0.2) is 56.3 Å². The fraction of sp³-hybridized carbons (Fsp3) is 0.722. The minimum Gasteiger partial charge on any atom is -0.437 e. The fourth-order valence-electron chi connectivity index (χ4n) is 3.45. The van der Waals surface area contributed by atoms with E-state index in [2.05, 4.69) is 79.5 Å². The van der Waals surface area contributed by atoms with Crippen molar-refractivity contribution in [3.8, 4) is 0 Å². The molecule has 1 atom stereocenters. The molecule has 0 bridgehead atoms. The lowest BCUT2D eigenvalue weighted by Crippen LogP contribution is -2.57. The van der Waals surface area contributed by atoms with Crippen molar-refractivity contribution in [2.45, 2.75) is 78.3 Å². The zero-order chi connectivity index (χ0) is 24.1. The summed E-state index contributed by atoms with van der Waals surface area (Å²) in [4.78, 5) is 30.2. The highest BCUT2D eigenvalue weighted by molar-refractivity contribution is 6.89. The molecular weight excluding hydrogens is 465 g/mol. The number of nitrogens with one attached hydrogen (secondary N) is 3. The van der Waals surface area contributed by atoms with Crippen molar-refractivity contribution in [2.24, 2.45) is 0 Å². The minimum absolute atomic E-state index is 0.128. The molecule has 1 rings (SSSR count). The summed E-state index contributed by atoms with van der Waals surface area (Å²) >= 11 is 0. The zero-order valence-corrected chi connectivity index (χ0v) is 24.7. The standard InChI is InChI=1S/C18H40N4O5Si4/c1-15-14-16(23)21-17(20-15)22-18(24)19-12-11-13-31(10,26-29(5,6)7)27-30(8,9)25-28(2,3)4/h14H,11-13H2,1-10H3,(H3,19,20,21,22,23,24). The molecule has 0 spiro atoms. The molecule has 0 aromatic carbocycles. The van der Waals surface area contributed by atoms with Gasteiger partial charge in [0.25, 0.3) is 5.56 Å². The number of nitrogens with zero attached hydrogens (tertiary/aromatic N) is 1. The van der Waals surface area contributed by atoms with Crippen LogP contribution in [0.4, 0.5) is 10.7 Å². The molecule has 1 heterocycles. The summed E-state index contributed by atoms with van der Waals surface area (Å²) in [6.07, 6.45) is 0.718. The second-order valence-electron chi connectivity index (χ2n) is 10.3. The zero-order valence-electron chi connectivity index (χ0n) is 20.7. The first kappa shape index (κ1) is 27.9. The Balaban J connectivity index is 2.68. The molecule has 1 aromatic heterocycles. The predicted molar refractivity (Wildman–Crippen MR) is 135 cm³/mol. The highest BCUT2D eigenvalue weighted by atomic mass is 28.5. The van der Waals surface area contributed by atoms with Crippen LogP contribution >= 0.6 is 0 Å². The van der Waals surface area contributed by atoms with Gasteiger partial charge in [0.15, 0.2) is 16.6 Å². The number of aromatic amines is 1. The van der Waals surface area contributed by atoms with E-state index in [1.807, 2.05) is 0 Å². The average molecular weight is 505 g/mol. The number of amides is 2. The fourth-order valence-corrected chi connectivity index (χ4v) is 21.4. The van der Waals surface area contributed by atoms with Crippen LogP contribution in [0.2, 0.25) is 65.0 Å². The van der Waals surface area contributed by atoms with E-state index in [1.54, 1.807) is 6.92 Å². The predicted octanol–water partition coefficient (Wildman–Crippen LogP) is 4.08. The van der Waals surface area contributed by atoms with Gasteiger partial charge < -0.3 is 17.7 Å². The van der Waals surface area contributed by atoms with Crippen molar-refractivity contribution in [1.29, 1.82) is 0 Å². The van der Waals surface area contributed by atoms with Gasteiger partial charge in [-0.3, -0.25) is 15.1 Å². The van der Waals surface area contributed by atoms with E-state index >= 15 is 0 Å². The van der Waals surface area contributed by atoms with E-state index in [4.69, 9.17) is 12.3 Å². The summed E-state index contributed by atoms with van der Waals surface area (Å²) in [6, 6.07) is 1.70. The number of rotatable bonds is 11. The van der Waals surface area contributed by atoms with Gasteiger partial charge in [0.1, 0.15) is 0 Å². The number of H-pyrrole nitrogens is 1. The molecule has 178 valence electrons. The molecule has 0 radical (unpaired) electrons. The largest absolute Gasteiger partial charge is 0.437 e. The minimum atomic E-state index is -2.49. The number of aryl methyl sites for hydroxylation is 1. The lowest BCUT2D eigenvalue weighted by atomic mass is 10.4. The Kier molecular flexibility index (Phi) is 9.62. The molecule has 2 amide bonds. The van der Waals surface area contributed by atoms with Crippen LogP contribution in [0, 0.1) is 6.92 Å². The molecule has 0 saturated carbocycles. The van der Waals surface area contributed by atoms with Gasteiger partial charge in [0.05, 0.1) is 0 Å². The summed E-state index contributed by atoms with van der Waals surface area (Å²) in [7, 11) is -8.38. The van der Waals surface area contributed by atoms with E-state index in [0.717, 1.165) is 12.5 Å². The summed E-state index contributed by atoms with van der Waals surface area (Å²) in [6.45, 7) is 21.4.